The summed E-state index contributed by atoms with van der Waals surface area (Å²) in [6.07, 6.45) is 2.13. The second-order valence-corrected chi connectivity index (χ2v) is 5.44. The van der Waals surface area contributed by atoms with E-state index >= 15 is 0 Å². The quantitative estimate of drug-likeness (QED) is 0.657. The number of anilines is 1. The van der Waals surface area contributed by atoms with Crippen LogP contribution in [0.15, 0.2) is 24.3 Å². The summed E-state index contributed by atoms with van der Waals surface area (Å²) in [5.74, 6) is 0.342. The number of piperidine rings is 1. The molecule has 1 saturated heterocycles. The maximum Gasteiger partial charge on any atom is 0.234 e. The summed E-state index contributed by atoms with van der Waals surface area (Å²) in [6.45, 7) is 1.35. The van der Waals surface area contributed by atoms with Crippen LogP contribution in [0.3, 0.4) is 0 Å². The van der Waals surface area contributed by atoms with Crippen molar-refractivity contribution in [3.8, 4) is 5.75 Å². The second-order valence-electron chi connectivity index (χ2n) is 5.44. The van der Waals surface area contributed by atoms with Crippen LogP contribution < -0.4 is 16.2 Å². The fourth-order valence-corrected chi connectivity index (χ4v) is 2.61. The molecule has 6 heteroatoms. The van der Waals surface area contributed by atoms with Crippen molar-refractivity contribution < 1.29 is 14.6 Å². The maximum atomic E-state index is 11.4. The molecule has 21 heavy (non-hydrogen) atoms. The first kappa shape index (κ1) is 15.6. The zero-order valence-corrected chi connectivity index (χ0v) is 12.1. The van der Waals surface area contributed by atoms with Gasteiger partial charge in [-0.05, 0) is 43.7 Å². The number of likely N-dealkylation sites (tertiary alicyclic amines) is 1. The zero-order chi connectivity index (χ0) is 15.2. The lowest BCUT2D eigenvalue weighted by Gasteiger charge is -2.34. The van der Waals surface area contributed by atoms with Gasteiger partial charge in [-0.3, -0.25) is 9.69 Å². The maximum absolute atomic E-state index is 11.4. The van der Waals surface area contributed by atoms with Crippen LogP contribution in [0.25, 0.3) is 0 Å². The molecule has 5 N–H and O–H groups in total. The molecule has 2 atom stereocenters. The van der Waals surface area contributed by atoms with Crippen molar-refractivity contribution in [3.05, 3.63) is 24.3 Å². The van der Waals surface area contributed by atoms with Crippen molar-refractivity contribution in [2.75, 3.05) is 25.4 Å². The smallest absolute Gasteiger partial charge is 0.234 e. The highest BCUT2D eigenvalue weighted by atomic mass is 16.5. The monoisotopic (exact) mass is 293 g/mol. The van der Waals surface area contributed by atoms with Gasteiger partial charge < -0.3 is 21.3 Å². The normalized spacial score (nSPS) is 20.9. The average molecular weight is 293 g/mol. The van der Waals surface area contributed by atoms with E-state index in [2.05, 4.69) is 0 Å². The molecule has 116 valence electrons. The predicted molar refractivity (Wildman–Crippen MR) is 80.8 cm³/mol. The predicted octanol–water partition coefficient (Wildman–Crippen LogP) is 0.348. The van der Waals surface area contributed by atoms with Gasteiger partial charge in [-0.1, -0.05) is 6.42 Å². The number of nitrogens with zero attached hydrogens (tertiary/aromatic N) is 1. The van der Waals surface area contributed by atoms with E-state index in [0.29, 0.717) is 18.0 Å². The third kappa shape index (κ3) is 4.61. The molecule has 6 nitrogen and oxygen atoms in total. The van der Waals surface area contributed by atoms with Crippen LogP contribution in [0.2, 0.25) is 0 Å². The fraction of sp³-hybridized carbons (Fsp3) is 0.533. The summed E-state index contributed by atoms with van der Waals surface area (Å²) >= 11 is 0. The number of nitrogen functional groups attached to an aromatic ring is 1. The number of β-amino-alcohol motifs (C(OH)–C–C–N with tert-alkyl or cyclic N) is 1. The molecule has 1 aliphatic heterocycles. The Morgan fingerprint density at radius 1 is 1.38 bits per heavy atom. The van der Waals surface area contributed by atoms with Crippen LogP contribution in [0.4, 0.5) is 5.69 Å². The summed E-state index contributed by atoms with van der Waals surface area (Å²) in [5, 5.41) is 10.1. The number of amides is 1. The van der Waals surface area contributed by atoms with Gasteiger partial charge in [0.2, 0.25) is 5.91 Å². The number of carbonyl (C=O) groups excluding carboxylic acids is 1. The number of aliphatic hydroxyl groups excluding tert-OH is 1. The van der Waals surface area contributed by atoms with Crippen LogP contribution in [-0.4, -0.2) is 47.8 Å². The topological polar surface area (TPSA) is 102 Å². The molecule has 1 aromatic rings. The Morgan fingerprint density at radius 2 is 2.10 bits per heavy atom. The van der Waals surface area contributed by atoms with Crippen LogP contribution in [0, 0.1) is 0 Å². The number of benzene rings is 1. The van der Waals surface area contributed by atoms with Crippen molar-refractivity contribution >= 4 is 11.6 Å². The van der Waals surface area contributed by atoms with Crippen molar-refractivity contribution in [1.29, 1.82) is 0 Å². The molecule has 2 rings (SSSR count). The Morgan fingerprint density at radius 3 is 2.76 bits per heavy atom. The third-order valence-corrected chi connectivity index (χ3v) is 3.71. The molecule has 2 unspecified atom stereocenters. The second kappa shape index (κ2) is 7.28. The number of ether oxygens (including phenoxy) is 1. The van der Waals surface area contributed by atoms with E-state index in [1.54, 1.807) is 24.3 Å². The van der Waals surface area contributed by atoms with E-state index < -0.39 is 6.10 Å². The number of hydrogen-bond donors (Lipinski definition) is 3. The van der Waals surface area contributed by atoms with Crippen molar-refractivity contribution in [2.45, 2.75) is 31.4 Å². The van der Waals surface area contributed by atoms with Gasteiger partial charge in [0.1, 0.15) is 18.5 Å². The number of nitrogens with two attached hydrogens (primary N) is 2. The number of aliphatic hydroxyl groups is 1. The number of rotatable bonds is 6. The number of hydrogen-bond acceptors (Lipinski definition) is 5. The van der Waals surface area contributed by atoms with Gasteiger partial charge in [-0.2, -0.15) is 0 Å². The first-order valence-electron chi connectivity index (χ1n) is 7.26. The van der Waals surface area contributed by atoms with E-state index in [1.165, 1.54) is 0 Å². The van der Waals surface area contributed by atoms with Crippen LogP contribution in [0.1, 0.15) is 19.3 Å². The highest BCUT2D eigenvalue weighted by molar-refractivity contribution is 5.79. The largest absolute Gasteiger partial charge is 0.491 e. The standard InChI is InChI=1S/C15H23N3O3/c16-11-4-6-13(7-5-11)21-10-12(19)9-18-8-2-1-3-14(18)15(17)20/h4-7,12,14,19H,1-3,8-10,16H2,(H2,17,20). The lowest BCUT2D eigenvalue weighted by atomic mass is 10.0. The minimum absolute atomic E-state index is 0.173. The lowest BCUT2D eigenvalue weighted by molar-refractivity contribution is -0.125. The van der Waals surface area contributed by atoms with Crippen LogP contribution in [-0.2, 0) is 4.79 Å². The molecule has 0 saturated carbocycles. The molecule has 0 radical (unpaired) electrons. The highest BCUT2D eigenvalue weighted by Crippen LogP contribution is 2.17. The molecule has 1 fully saturated rings. The van der Waals surface area contributed by atoms with Gasteiger partial charge in [0.15, 0.2) is 0 Å². The fourth-order valence-electron chi connectivity index (χ4n) is 2.61. The van der Waals surface area contributed by atoms with Gasteiger partial charge in [-0.15, -0.1) is 0 Å². The molecule has 1 aliphatic rings. The molecular weight excluding hydrogens is 270 g/mol. The zero-order valence-electron chi connectivity index (χ0n) is 12.1. The number of primary amides is 1. The van der Waals surface area contributed by atoms with Crippen molar-refractivity contribution in [1.82, 2.24) is 4.90 Å². The average Bonchev–Trinajstić information content (AvgIpc) is 2.47. The minimum Gasteiger partial charge on any atom is -0.491 e. The van der Waals surface area contributed by atoms with E-state index in [4.69, 9.17) is 16.2 Å². The van der Waals surface area contributed by atoms with Crippen molar-refractivity contribution in [3.63, 3.8) is 0 Å². The minimum atomic E-state index is -0.664. The molecule has 0 aromatic heterocycles. The molecule has 1 heterocycles. The van der Waals surface area contributed by atoms with E-state index in [1.807, 2.05) is 4.90 Å². The summed E-state index contributed by atoms with van der Waals surface area (Å²) in [4.78, 5) is 13.4. The number of carbonyl (C=O) groups is 1. The Hall–Kier alpha value is -1.79. The van der Waals surface area contributed by atoms with Crippen LogP contribution in [0.5, 0.6) is 5.75 Å². The summed E-state index contributed by atoms with van der Waals surface area (Å²) < 4.78 is 5.51. The molecule has 0 aliphatic carbocycles. The summed E-state index contributed by atoms with van der Waals surface area (Å²) in [5.41, 5.74) is 11.7. The SMILES string of the molecule is NC(=O)C1CCCCN1CC(O)COc1ccc(N)cc1. The molecule has 0 spiro atoms. The van der Waals surface area contributed by atoms with E-state index in [9.17, 15) is 9.90 Å². The van der Waals surface area contributed by atoms with Gasteiger partial charge in [0.05, 0.1) is 6.04 Å². The Bertz CT molecular complexity index is 464. The molecule has 1 amide bonds. The van der Waals surface area contributed by atoms with Gasteiger partial charge in [-0.25, -0.2) is 0 Å². The molecule has 1 aromatic carbocycles. The molecular formula is C15H23N3O3. The van der Waals surface area contributed by atoms with Crippen molar-refractivity contribution in [2.24, 2.45) is 5.73 Å². The summed E-state index contributed by atoms with van der Waals surface area (Å²) in [7, 11) is 0. The first-order chi connectivity index (χ1) is 10.1. The highest BCUT2D eigenvalue weighted by Gasteiger charge is 2.28. The third-order valence-electron chi connectivity index (χ3n) is 3.71. The molecule has 0 bridgehead atoms. The summed E-state index contributed by atoms with van der Waals surface area (Å²) in [6, 6.07) is 6.74. The van der Waals surface area contributed by atoms with Gasteiger partial charge >= 0.3 is 0 Å². The van der Waals surface area contributed by atoms with E-state index in [0.717, 1.165) is 25.8 Å². The van der Waals surface area contributed by atoms with Crippen LogP contribution >= 0.6 is 0 Å². The Kier molecular flexibility index (Phi) is 5.41. The van der Waals surface area contributed by atoms with E-state index in [-0.39, 0.29) is 18.6 Å². The van der Waals surface area contributed by atoms with Gasteiger partial charge in [0, 0.05) is 12.2 Å². The Balaban J connectivity index is 1.81. The first-order valence-corrected chi connectivity index (χ1v) is 7.26. The lowest BCUT2D eigenvalue weighted by Crippen LogP contribution is -2.50. The van der Waals surface area contributed by atoms with Gasteiger partial charge in [0.25, 0.3) is 0 Å². The Labute approximate surface area is 124 Å².